The van der Waals surface area contributed by atoms with Gasteiger partial charge in [0, 0.05) is 30.8 Å². The summed E-state index contributed by atoms with van der Waals surface area (Å²) in [6.07, 6.45) is 10.4. The molecule has 0 spiro atoms. The third kappa shape index (κ3) is 2.57. The Morgan fingerprint density at radius 2 is 2.20 bits per heavy atom. The Bertz CT molecular complexity index is 321. The number of anilines is 1. The zero-order chi connectivity index (χ0) is 10.5. The van der Waals surface area contributed by atoms with Crippen molar-refractivity contribution in [3.05, 3.63) is 36.8 Å². The van der Waals surface area contributed by atoms with Crippen LogP contribution < -0.4 is 10.6 Å². The lowest BCUT2D eigenvalue weighted by molar-refractivity contribution is 0.537. The predicted molar refractivity (Wildman–Crippen MR) is 62.5 cm³/mol. The molecule has 2 heterocycles. The van der Waals surface area contributed by atoms with Gasteiger partial charge < -0.3 is 10.6 Å². The lowest BCUT2D eigenvalue weighted by Gasteiger charge is -2.27. The molecule has 1 aromatic rings. The SMILES string of the molecule is NCCC1C=CN(c2ccncc2)CC1. The number of aromatic nitrogens is 1. The first-order valence-electron chi connectivity index (χ1n) is 5.45. The Hall–Kier alpha value is -1.35. The fourth-order valence-electron chi connectivity index (χ4n) is 1.91. The molecule has 80 valence electrons. The molecule has 3 heteroatoms. The first kappa shape index (κ1) is 10.2. The molecule has 0 aromatic carbocycles. The maximum absolute atomic E-state index is 5.55. The highest BCUT2D eigenvalue weighted by atomic mass is 15.1. The fraction of sp³-hybridized carbons (Fsp3) is 0.417. The van der Waals surface area contributed by atoms with E-state index in [2.05, 4.69) is 22.2 Å². The molecule has 1 aliphatic heterocycles. The van der Waals surface area contributed by atoms with E-state index in [4.69, 9.17) is 5.73 Å². The van der Waals surface area contributed by atoms with Gasteiger partial charge in [-0.2, -0.15) is 0 Å². The molecular weight excluding hydrogens is 186 g/mol. The normalized spacial score (nSPS) is 20.6. The van der Waals surface area contributed by atoms with E-state index in [1.54, 1.807) is 0 Å². The van der Waals surface area contributed by atoms with Gasteiger partial charge in [-0.3, -0.25) is 4.98 Å². The third-order valence-electron chi connectivity index (χ3n) is 2.81. The number of hydrogen-bond donors (Lipinski definition) is 1. The van der Waals surface area contributed by atoms with E-state index in [1.165, 1.54) is 12.1 Å². The second-order valence-corrected chi connectivity index (χ2v) is 3.87. The van der Waals surface area contributed by atoms with E-state index >= 15 is 0 Å². The van der Waals surface area contributed by atoms with Crippen LogP contribution in [0.25, 0.3) is 0 Å². The lowest BCUT2D eigenvalue weighted by atomic mass is 9.98. The van der Waals surface area contributed by atoms with Crippen molar-refractivity contribution in [1.82, 2.24) is 4.98 Å². The van der Waals surface area contributed by atoms with Crippen LogP contribution in [0.3, 0.4) is 0 Å². The van der Waals surface area contributed by atoms with E-state index < -0.39 is 0 Å². The molecule has 1 unspecified atom stereocenters. The van der Waals surface area contributed by atoms with Crippen molar-refractivity contribution >= 4 is 5.69 Å². The molecule has 0 radical (unpaired) electrons. The molecule has 1 aliphatic rings. The molecule has 0 aliphatic carbocycles. The average Bonchev–Trinajstić information content (AvgIpc) is 2.32. The van der Waals surface area contributed by atoms with E-state index in [9.17, 15) is 0 Å². The number of nitrogens with zero attached hydrogens (tertiary/aromatic N) is 2. The summed E-state index contributed by atoms with van der Waals surface area (Å²) in [7, 11) is 0. The van der Waals surface area contributed by atoms with Gasteiger partial charge in [-0.05, 0) is 37.4 Å². The van der Waals surface area contributed by atoms with Crippen LogP contribution >= 0.6 is 0 Å². The van der Waals surface area contributed by atoms with Gasteiger partial charge in [-0.25, -0.2) is 0 Å². The zero-order valence-electron chi connectivity index (χ0n) is 8.84. The van der Waals surface area contributed by atoms with Crippen molar-refractivity contribution < 1.29 is 0 Å². The van der Waals surface area contributed by atoms with Crippen LogP contribution in [0.2, 0.25) is 0 Å². The van der Waals surface area contributed by atoms with Crippen molar-refractivity contribution in [1.29, 1.82) is 0 Å². The van der Waals surface area contributed by atoms with E-state index in [0.717, 1.165) is 19.5 Å². The maximum atomic E-state index is 5.55. The quantitative estimate of drug-likeness (QED) is 0.814. The summed E-state index contributed by atoms with van der Waals surface area (Å²) in [4.78, 5) is 6.28. The van der Waals surface area contributed by atoms with Gasteiger partial charge in [0.25, 0.3) is 0 Å². The van der Waals surface area contributed by atoms with Crippen LogP contribution in [0.4, 0.5) is 5.69 Å². The highest BCUT2D eigenvalue weighted by Gasteiger charge is 2.13. The molecule has 3 nitrogen and oxygen atoms in total. The van der Waals surface area contributed by atoms with Crippen LogP contribution in [-0.4, -0.2) is 18.1 Å². The Kier molecular flexibility index (Phi) is 3.35. The van der Waals surface area contributed by atoms with E-state index in [0.29, 0.717) is 5.92 Å². The minimum Gasteiger partial charge on any atom is -0.348 e. The molecular formula is C12H17N3. The predicted octanol–water partition coefficient (Wildman–Crippen LogP) is 1.77. The molecule has 2 rings (SSSR count). The largest absolute Gasteiger partial charge is 0.348 e. The molecule has 1 aromatic heterocycles. The summed E-state index contributed by atoms with van der Waals surface area (Å²) in [5, 5.41) is 0. The number of allylic oxidation sites excluding steroid dienone is 1. The van der Waals surface area contributed by atoms with Crippen LogP contribution in [-0.2, 0) is 0 Å². The summed E-state index contributed by atoms with van der Waals surface area (Å²) in [5.41, 5.74) is 6.76. The lowest BCUT2D eigenvalue weighted by Crippen LogP contribution is -2.25. The number of pyridine rings is 1. The van der Waals surface area contributed by atoms with E-state index in [1.807, 2.05) is 24.5 Å². The number of nitrogens with two attached hydrogens (primary N) is 1. The Balaban J connectivity index is 2.01. The van der Waals surface area contributed by atoms with E-state index in [-0.39, 0.29) is 0 Å². The second-order valence-electron chi connectivity index (χ2n) is 3.87. The van der Waals surface area contributed by atoms with Crippen molar-refractivity contribution in [2.45, 2.75) is 12.8 Å². The van der Waals surface area contributed by atoms with Gasteiger partial charge in [-0.15, -0.1) is 0 Å². The van der Waals surface area contributed by atoms with Gasteiger partial charge in [-0.1, -0.05) is 6.08 Å². The van der Waals surface area contributed by atoms with Crippen LogP contribution in [0, 0.1) is 5.92 Å². The van der Waals surface area contributed by atoms with Crippen LogP contribution in [0.15, 0.2) is 36.8 Å². The van der Waals surface area contributed by atoms with Crippen molar-refractivity contribution in [3.63, 3.8) is 0 Å². The summed E-state index contributed by atoms with van der Waals surface area (Å²) in [5.74, 6) is 0.660. The van der Waals surface area contributed by atoms with Gasteiger partial charge in [0.1, 0.15) is 0 Å². The Labute approximate surface area is 90.6 Å². The third-order valence-corrected chi connectivity index (χ3v) is 2.81. The van der Waals surface area contributed by atoms with Gasteiger partial charge in [0.15, 0.2) is 0 Å². The average molecular weight is 203 g/mol. The standard InChI is InChI=1S/C12H17N3/c13-6-1-11-4-9-15(10-5-11)12-2-7-14-8-3-12/h2-4,7-9,11H,1,5-6,10,13H2. The highest BCUT2D eigenvalue weighted by molar-refractivity contribution is 5.48. The number of rotatable bonds is 3. The van der Waals surface area contributed by atoms with Crippen molar-refractivity contribution in [2.24, 2.45) is 11.7 Å². The van der Waals surface area contributed by atoms with Gasteiger partial charge in [0.05, 0.1) is 0 Å². The molecule has 0 saturated carbocycles. The molecule has 0 saturated heterocycles. The maximum Gasteiger partial charge on any atom is 0.0436 e. The second kappa shape index (κ2) is 4.94. The topological polar surface area (TPSA) is 42.1 Å². The first-order chi connectivity index (χ1) is 7.40. The first-order valence-corrected chi connectivity index (χ1v) is 5.45. The molecule has 2 N–H and O–H groups in total. The summed E-state index contributed by atoms with van der Waals surface area (Å²) < 4.78 is 0. The van der Waals surface area contributed by atoms with Gasteiger partial charge in [0.2, 0.25) is 0 Å². The molecule has 1 atom stereocenters. The highest BCUT2D eigenvalue weighted by Crippen LogP contribution is 2.21. The smallest absolute Gasteiger partial charge is 0.0436 e. The molecule has 15 heavy (non-hydrogen) atoms. The monoisotopic (exact) mass is 203 g/mol. The summed E-state index contributed by atoms with van der Waals surface area (Å²) in [6, 6.07) is 4.07. The minimum absolute atomic E-state index is 0.660. The fourth-order valence-corrected chi connectivity index (χ4v) is 1.91. The number of hydrogen-bond acceptors (Lipinski definition) is 3. The van der Waals surface area contributed by atoms with Crippen LogP contribution in [0.5, 0.6) is 0 Å². The van der Waals surface area contributed by atoms with Crippen LogP contribution in [0.1, 0.15) is 12.8 Å². The molecule has 0 fully saturated rings. The minimum atomic E-state index is 0.660. The van der Waals surface area contributed by atoms with Crippen molar-refractivity contribution in [3.8, 4) is 0 Å². The summed E-state index contributed by atoms with van der Waals surface area (Å²) >= 11 is 0. The van der Waals surface area contributed by atoms with Crippen molar-refractivity contribution in [2.75, 3.05) is 18.0 Å². The Morgan fingerprint density at radius 3 is 2.80 bits per heavy atom. The van der Waals surface area contributed by atoms with Gasteiger partial charge >= 0.3 is 0 Å². The Morgan fingerprint density at radius 1 is 1.40 bits per heavy atom. The molecule has 0 amide bonds. The zero-order valence-corrected chi connectivity index (χ0v) is 8.84. The summed E-state index contributed by atoms with van der Waals surface area (Å²) in [6.45, 7) is 1.86. The molecule has 0 bridgehead atoms.